The van der Waals surface area contributed by atoms with Crippen molar-refractivity contribution in [3.63, 3.8) is 0 Å². The molecule has 1 amide bonds. The molecule has 0 aliphatic heterocycles. The summed E-state index contributed by atoms with van der Waals surface area (Å²) in [4.78, 5) is 12.0. The number of hydrogen-bond acceptors (Lipinski definition) is 4. The highest BCUT2D eigenvalue weighted by Crippen LogP contribution is 2.24. The zero-order valence-electron chi connectivity index (χ0n) is 12.7. The van der Waals surface area contributed by atoms with Gasteiger partial charge in [0.2, 0.25) is 5.91 Å². The maximum atomic E-state index is 12.4. The molecule has 0 radical (unpaired) electrons. The van der Waals surface area contributed by atoms with Crippen LogP contribution in [0, 0.1) is 0 Å². The SMILES string of the molecule is CCCS(=O)(=O)C(C)C(=O)NCc1cc(Br)ccc1OC(F)F. The Morgan fingerprint density at radius 2 is 2.04 bits per heavy atom. The average molecular weight is 414 g/mol. The van der Waals surface area contributed by atoms with Crippen LogP contribution in [0.2, 0.25) is 0 Å². The van der Waals surface area contributed by atoms with Gasteiger partial charge in [-0.25, -0.2) is 8.42 Å². The molecule has 23 heavy (non-hydrogen) atoms. The van der Waals surface area contributed by atoms with Crippen LogP contribution in [0.1, 0.15) is 25.8 Å². The fourth-order valence-corrected chi connectivity index (χ4v) is 3.59. The number of alkyl halides is 2. The van der Waals surface area contributed by atoms with E-state index in [1.807, 2.05) is 0 Å². The summed E-state index contributed by atoms with van der Waals surface area (Å²) in [6, 6.07) is 4.38. The maximum Gasteiger partial charge on any atom is 0.387 e. The molecule has 0 saturated carbocycles. The van der Waals surface area contributed by atoms with Crippen molar-refractivity contribution in [1.29, 1.82) is 0 Å². The van der Waals surface area contributed by atoms with Crippen molar-refractivity contribution in [2.24, 2.45) is 0 Å². The summed E-state index contributed by atoms with van der Waals surface area (Å²) in [6.45, 7) is -0.101. The Balaban J connectivity index is 2.81. The van der Waals surface area contributed by atoms with E-state index in [4.69, 9.17) is 0 Å². The second-order valence-electron chi connectivity index (χ2n) is 4.86. The van der Waals surface area contributed by atoms with Crippen LogP contribution in [-0.4, -0.2) is 31.9 Å². The van der Waals surface area contributed by atoms with Gasteiger partial charge in [0.1, 0.15) is 11.0 Å². The van der Waals surface area contributed by atoms with Crippen molar-refractivity contribution >= 4 is 31.7 Å². The third kappa shape index (κ3) is 6.06. The molecule has 1 N–H and O–H groups in total. The number of sulfone groups is 1. The monoisotopic (exact) mass is 413 g/mol. The van der Waals surface area contributed by atoms with Gasteiger partial charge in [0, 0.05) is 16.6 Å². The molecule has 130 valence electrons. The zero-order chi connectivity index (χ0) is 17.6. The molecule has 0 aromatic heterocycles. The van der Waals surface area contributed by atoms with Crippen LogP contribution in [0.4, 0.5) is 8.78 Å². The lowest BCUT2D eigenvalue weighted by Crippen LogP contribution is -2.38. The standard InChI is InChI=1S/C14H18BrF2NO4S/c1-3-6-23(20,21)9(2)13(19)18-8-10-7-11(15)4-5-12(10)22-14(16)17/h4-5,7,9,14H,3,6,8H2,1-2H3,(H,18,19). The zero-order valence-corrected chi connectivity index (χ0v) is 15.1. The number of ether oxygens (including phenoxy) is 1. The Bertz CT molecular complexity index is 652. The quantitative estimate of drug-likeness (QED) is 0.710. The molecule has 1 rings (SSSR count). The molecule has 5 nitrogen and oxygen atoms in total. The van der Waals surface area contributed by atoms with E-state index in [0.29, 0.717) is 16.5 Å². The van der Waals surface area contributed by atoms with Gasteiger partial charge in [0.15, 0.2) is 9.84 Å². The summed E-state index contributed by atoms with van der Waals surface area (Å²) >= 11 is 3.20. The largest absolute Gasteiger partial charge is 0.434 e. The molecule has 0 aliphatic carbocycles. The first kappa shape index (κ1) is 19.8. The summed E-state index contributed by atoms with van der Waals surface area (Å²) in [7, 11) is -3.52. The summed E-state index contributed by atoms with van der Waals surface area (Å²) in [5, 5.41) is 1.24. The Hall–Kier alpha value is -1.22. The molecule has 0 aliphatic rings. The minimum absolute atomic E-state index is 0.0763. The minimum Gasteiger partial charge on any atom is -0.434 e. The van der Waals surface area contributed by atoms with Crippen LogP contribution in [0.5, 0.6) is 5.75 Å². The average Bonchev–Trinajstić information content (AvgIpc) is 2.45. The lowest BCUT2D eigenvalue weighted by molar-refractivity contribution is -0.120. The Labute approximate surface area is 142 Å². The molecule has 0 spiro atoms. The topological polar surface area (TPSA) is 72.5 Å². The number of hydrogen-bond donors (Lipinski definition) is 1. The first-order chi connectivity index (χ1) is 10.7. The van der Waals surface area contributed by atoms with E-state index < -0.39 is 27.6 Å². The van der Waals surface area contributed by atoms with Gasteiger partial charge >= 0.3 is 6.61 Å². The molecule has 9 heteroatoms. The van der Waals surface area contributed by atoms with Crippen molar-refractivity contribution < 1.29 is 26.7 Å². The number of nitrogens with one attached hydrogen (secondary N) is 1. The lowest BCUT2D eigenvalue weighted by atomic mass is 10.2. The first-order valence-electron chi connectivity index (χ1n) is 6.90. The van der Waals surface area contributed by atoms with E-state index in [1.165, 1.54) is 25.1 Å². The van der Waals surface area contributed by atoms with Crippen LogP contribution in [0.3, 0.4) is 0 Å². The highest BCUT2D eigenvalue weighted by Gasteiger charge is 2.27. The van der Waals surface area contributed by atoms with Gasteiger partial charge in [-0.2, -0.15) is 8.78 Å². The molecule has 1 aromatic carbocycles. The predicted molar refractivity (Wildman–Crippen MR) is 86.2 cm³/mol. The van der Waals surface area contributed by atoms with Gasteiger partial charge in [-0.05, 0) is 31.5 Å². The lowest BCUT2D eigenvalue weighted by Gasteiger charge is -2.15. The second kappa shape index (κ2) is 8.58. The minimum atomic E-state index is -3.52. The Morgan fingerprint density at radius 3 is 2.61 bits per heavy atom. The number of benzene rings is 1. The molecule has 1 aromatic rings. The van der Waals surface area contributed by atoms with Crippen LogP contribution in [0.15, 0.2) is 22.7 Å². The van der Waals surface area contributed by atoms with Crippen molar-refractivity contribution in [3.05, 3.63) is 28.2 Å². The number of carbonyl (C=O) groups is 1. The molecule has 1 atom stereocenters. The fourth-order valence-electron chi connectivity index (χ4n) is 1.85. The van der Waals surface area contributed by atoms with Gasteiger partial charge in [-0.3, -0.25) is 4.79 Å². The number of carbonyl (C=O) groups excluding carboxylic acids is 1. The molecule has 0 saturated heterocycles. The van der Waals surface area contributed by atoms with Gasteiger partial charge in [-0.1, -0.05) is 22.9 Å². The van der Waals surface area contributed by atoms with E-state index in [-0.39, 0.29) is 18.0 Å². The second-order valence-corrected chi connectivity index (χ2v) is 8.21. The fraction of sp³-hybridized carbons (Fsp3) is 0.500. The van der Waals surface area contributed by atoms with Gasteiger partial charge < -0.3 is 10.1 Å². The van der Waals surface area contributed by atoms with Crippen LogP contribution >= 0.6 is 15.9 Å². The van der Waals surface area contributed by atoms with Crippen molar-refractivity contribution in [2.45, 2.75) is 38.7 Å². The maximum absolute atomic E-state index is 12.4. The van der Waals surface area contributed by atoms with Gasteiger partial charge in [-0.15, -0.1) is 0 Å². The Kier molecular flexibility index (Phi) is 7.40. The van der Waals surface area contributed by atoms with Crippen molar-refractivity contribution in [3.8, 4) is 5.75 Å². The summed E-state index contributed by atoms with van der Waals surface area (Å²) < 4.78 is 53.4. The summed E-state index contributed by atoms with van der Waals surface area (Å²) in [5.74, 6) is -0.841. The molecular formula is C14H18BrF2NO4S. The Morgan fingerprint density at radius 1 is 1.39 bits per heavy atom. The van der Waals surface area contributed by atoms with E-state index in [0.717, 1.165) is 0 Å². The summed E-state index contributed by atoms with van der Waals surface area (Å²) in [6.07, 6.45) is 0.415. The van der Waals surface area contributed by atoms with E-state index in [1.54, 1.807) is 6.92 Å². The van der Waals surface area contributed by atoms with Crippen LogP contribution in [-0.2, 0) is 21.2 Å². The molecule has 0 bridgehead atoms. The number of halogens is 3. The molecule has 0 heterocycles. The van der Waals surface area contributed by atoms with E-state index in [9.17, 15) is 22.0 Å². The van der Waals surface area contributed by atoms with Gasteiger partial charge in [0.25, 0.3) is 0 Å². The third-order valence-corrected chi connectivity index (χ3v) is 5.85. The first-order valence-corrected chi connectivity index (χ1v) is 9.40. The molecule has 1 unspecified atom stereocenters. The smallest absolute Gasteiger partial charge is 0.387 e. The number of amides is 1. The molecule has 0 fully saturated rings. The van der Waals surface area contributed by atoms with Crippen molar-refractivity contribution in [1.82, 2.24) is 5.32 Å². The predicted octanol–water partition coefficient (Wildman–Crippen LogP) is 2.88. The van der Waals surface area contributed by atoms with Gasteiger partial charge in [0.05, 0.1) is 5.75 Å². The third-order valence-electron chi connectivity index (χ3n) is 3.09. The van der Waals surface area contributed by atoms with Crippen LogP contribution in [0.25, 0.3) is 0 Å². The van der Waals surface area contributed by atoms with Crippen LogP contribution < -0.4 is 10.1 Å². The molecular weight excluding hydrogens is 396 g/mol. The van der Waals surface area contributed by atoms with E-state index >= 15 is 0 Å². The van der Waals surface area contributed by atoms with E-state index in [2.05, 4.69) is 26.0 Å². The summed E-state index contributed by atoms with van der Waals surface area (Å²) in [5.41, 5.74) is 0.313. The van der Waals surface area contributed by atoms with Crippen molar-refractivity contribution in [2.75, 3.05) is 5.75 Å². The highest BCUT2D eigenvalue weighted by atomic mass is 79.9. The highest BCUT2D eigenvalue weighted by molar-refractivity contribution is 9.10. The number of rotatable bonds is 8. The normalized spacial score (nSPS) is 13.0.